The van der Waals surface area contributed by atoms with E-state index in [9.17, 15) is 8.42 Å². The number of sulfonamides is 1. The number of thiazole rings is 1. The summed E-state index contributed by atoms with van der Waals surface area (Å²) in [6.07, 6.45) is 1.97. The number of hydrogen-bond acceptors (Lipinski definition) is 8. The molecule has 2 aromatic rings. The third-order valence-electron chi connectivity index (χ3n) is 5.64. The van der Waals surface area contributed by atoms with Crippen LogP contribution < -0.4 is 14.4 Å². The molecular weight excluding hydrogens is 412 g/mol. The van der Waals surface area contributed by atoms with E-state index in [0.29, 0.717) is 26.3 Å². The van der Waals surface area contributed by atoms with Crippen molar-refractivity contribution >= 4 is 26.5 Å². The van der Waals surface area contributed by atoms with Crippen LogP contribution in [0.2, 0.25) is 0 Å². The van der Waals surface area contributed by atoms with Crippen LogP contribution in [-0.2, 0) is 29.5 Å². The molecule has 156 valence electrons. The zero-order valence-corrected chi connectivity index (χ0v) is 18.0. The summed E-state index contributed by atoms with van der Waals surface area (Å²) in [5.41, 5.74) is 2.29. The smallest absolute Gasteiger partial charge is 0.231 e. The summed E-state index contributed by atoms with van der Waals surface area (Å²) in [6, 6.07) is 6.15. The van der Waals surface area contributed by atoms with Gasteiger partial charge in [-0.05, 0) is 17.7 Å². The lowest BCUT2D eigenvalue weighted by molar-refractivity contribution is 0.174. The fraction of sp³-hybridized carbons (Fsp3) is 0.526. The van der Waals surface area contributed by atoms with E-state index in [2.05, 4.69) is 21.9 Å². The third kappa shape index (κ3) is 3.94. The van der Waals surface area contributed by atoms with Crippen molar-refractivity contribution in [3.63, 3.8) is 0 Å². The number of piperazine rings is 1. The minimum Gasteiger partial charge on any atom is -0.454 e. The Morgan fingerprint density at radius 1 is 1.10 bits per heavy atom. The first-order valence-electron chi connectivity index (χ1n) is 9.75. The first kappa shape index (κ1) is 19.1. The topological polar surface area (TPSA) is 75.2 Å². The van der Waals surface area contributed by atoms with Crippen molar-refractivity contribution in [2.75, 3.05) is 50.7 Å². The van der Waals surface area contributed by atoms with Gasteiger partial charge in [0.25, 0.3) is 0 Å². The molecule has 8 nitrogen and oxygen atoms in total. The highest BCUT2D eigenvalue weighted by atomic mass is 32.2. The standard InChI is InChI=1S/C19H24N4O4S2/c1-29(24,25)23-5-4-15-18(12-23)28-19(20-15)22-8-6-21(7-9-22)11-14-2-3-16-17(10-14)27-13-26-16/h2-3,10H,4-9,11-13H2,1H3. The number of aromatic nitrogens is 1. The predicted octanol–water partition coefficient (Wildman–Crippen LogP) is 1.51. The van der Waals surface area contributed by atoms with Gasteiger partial charge in [0, 0.05) is 57.1 Å². The predicted molar refractivity (Wildman–Crippen MR) is 111 cm³/mol. The zero-order chi connectivity index (χ0) is 20.0. The molecule has 10 heteroatoms. The molecule has 4 heterocycles. The number of hydrogen-bond donors (Lipinski definition) is 0. The summed E-state index contributed by atoms with van der Waals surface area (Å²) in [7, 11) is -3.15. The molecule has 1 aromatic carbocycles. The van der Waals surface area contributed by atoms with Crippen molar-refractivity contribution in [3.05, 3.63) is 34.3 Å². The van der Waals surface area contributed by atoms with Crippen molar-refractivity contribution in [1.82, 2.24) is 14.2 Å². The zero-order valence-electron chi connectivity index (χ0n) is 16.3. The monoisotopic (exact) mass is 436 g/mol. The minimum absolute atomic E-state index is 0.303. The van der Waals surface area contributed by atoms with E-state index in [4.69, 9.17) is 14.5 Å². The molecule has 29 heavy (non-hydrogen) atoms. The molecule has 0 aliphatic carbocycles. The van der Waals surface area contributed by atoms with Crippen LogP contribution in [-0.4, -0.2) is 68.4 Å². The van der Waals surface area contributed by atoms with Gasteiger partial charge in [0.05, 0.1) is 11.9 Å². The summed E-state index contributed by atoms with van der Waals surface area (Å²) in [5.74, 6) is 1.65. The first-order valence-corrected chi connectivity index (χ1v) is 12.4. The number of fused-ring (bicyclic) bond motifs is 2. The SMILES string of the molecule is CS(=O)(=O)N1CCc2nc(N3CCN(Cc4ccc5c(c4)OCO5)CC3)sc2C1. The van der Waals surface area contributed by atoms with Crippen molar-refractivity contribution in [2.45, 2.75) is 19.5 Å². The van der Waals surface area contributed by atoms with Crippen LogP contribution in [0.15, 0.2) is 18.2 Å². The molecule has 0 amide bonds. The summed E-state index contributed by atoms with van der Waals surface area (Å²) >= 11 is 1.64. The van der Waals surface area contributed by atoms with Gasteiger partial charge in [0.2, 0.25) is 16.8 Å². The summed E-state index contributed by atoms with van der Waals surface area (Å²) in [6.45, 7) is 5.95. The molecule has 1 fully saturated rings. The fourth-order valence-corrected chi connectivity index (χ4v) is 6.01. The normalized spacial score (nSPS) is 20.1. The van der Waals surface area contributed by atoms with E-state index in [1.54, 1.807) is 15.6 Å². The van der Waals surface area contributed by atoms with Gasteiger partial charge in [-0.1, -0.05) is 6.07 Å². The second-order valence-corrected chi connectivity index (χ2v) is 10.7. The lowest BCUT2D eigenvalue weighted by atomic mass is 10.1. The molecule has 0 bridgehead atoms. The van der Waals surface area contributed by atoms with Crippen LogP contribution in [0, 0.1) is 0 Å². The van der Waals surface area contributed by atoms with E-state index in [0.717, 1.165) is 59.9 Å². The van der Waals surface area contributed by atoms with Gasteiger partial charge in [-0.3, -0.25) is 4.90 Å². The molecule has 0 radical (unpaired) electrons. The maximum absolute atomic E-state index is 11.8. The highest BCUT2D eigenvalue weighted by molar-refractivity contribution is 7.88. The maximum Gasteiger partial charge on any atom is 0.231 e. The van der Waals surface area contributed by atoms with Crippen LogP contribution in [0.5, 0.6) is 11.5 Å². The Balaban J connectivity index is 1.20. The van der Waals surface area contributed by atoms with E-state index in [1.807, 2.05) is 6.07 Å². The van der Waals surface area contributed by atoms with E-state index >= 15 is 0 Å². The summed E-state index contributed by atoms with van der Waals surface area (Å²) in [4.78, 5) is 10.7. The number of ether oxygens (including phenoxy) is 2. The highest BCUT2D eigenvalue weighted by Gasteiger charge is 2.28. The number of nitrogens with zero attached hydrogens (tertiary/aromatic N) is 4. The molecule has 0 unspecified atom stereocenters. The number of rotatable bonds is 4. The van der Waals surface area contributed by atoms with E-state index in [1.165, 1.54) is 11.8 Å². The van der Waals surface area contributed by atoms with Crippen LogP contribution in [0.25, 0.3) is 0 Å². The van der Waals surface area contributed by atoms with E-state index in [-0.39, 0.29) is 0 Å². The highest BCUT2D eigenvalue weighted by Crippen LogP contribution is 2.34. The van der Waals surface area contributed by atoms with Gasteiger partial charge in [0.1, 0.15) is 0 Å². The number of benzene rings is 1. The van der Waals surface area contributed by atoms with Gasteiger partial charge >= 0.3 is 0 Å². The first-order chi connectivity index (χ1) is 14.0. The molecule has 0 saturated carbocycles. The second-order valence-electron chi connectivity index (χ2n) is 7.66. The minimum atomic E-state index is -3.15. The average molecular weight is 437 g/mol. The van der Waals surface area contributed by atoms with Gasteiger partial charge in [-0.15, -0.1) is 11.3 Å². The average Bonchev–Trinajstić information content (AvgIpc) is 3.33. The van der Waals surface area contributed by atoms with E-state index < -0.39 is 10.0 Å². The molecular formula is C19H24N4O4S2. The molecule has 0 spiro atoms. The molecule has 1 aromatic heterocycles. The Hall–Kier alpha value is -1.88. The van der Waals surface area contributed by atoms with Crippen LogP contribution in [0.3, 0.4) is 0 Å². The fourth-order valence-electron chi connectivity index (χ4n) is 3.97. The Morgan fingerprint density at radius 3 is 2.69 bits per heavy atom. The quantitative estimate of drug-likeness (QED) is 0.719. The van der Waals surface area contributed by atoms with Crippen LogP contribution in [0.4, 0.5) is 5.13 Å². The van der Waals surface area contributed by atoms with Crippen molar-refractivity contribution in [1.29, 1.82) is 0 Å². The molecule has 0 N–H and O–H groups in total. The Morgan fingerprint density at radius 2 is 1.90 bits per heavy atom. The van der Waals surface area contributed by atoms with Gasteiger partial charge < -0.3 is 14.4 Å². The largest absolute Gasteiger partial charge is 0.454 e. The molecule has 0 atom stereocenters. The molecule has 5 rings (SSSR count). The summed E-state index contributed by atoms with van der Waals surface area (Å²) in [5, 5.41) is 1.02. The van der Waals surface area contributed by atoms with Crippen LogP contribution in [0.1, 0.15) is 16.1 Å². The van der Waals surface area contributed by atoms with Crippen LogP contribution >= 0.6 is 11.3 Å². The van der Waals surface area contributed by atoms with Crippen molar-refractivity contribution in [3.8, 4) is 11.5 Å². The van der Waals surface area contributed by atoms with Gasteiger partial charge in [-0.25, -0.2) is 13.4 Å². The van der Waals surface area contributed by atoms with Gasteiger partial charge in [0.15, 0.2) is 16.6 Å². The Bertz CT molecular complexity index is 1020. The maximum atomic E-state index is 11.8. The lowest BCUT2D eigenvalue weighted by Gasteiger charge is -2.34. The number of anilines is 1. The molecule has 1 saturated heterocycles. The van der Waals surface area contributed by atoms with Gasteiger partial charge in [-0.2, -0.15) is 4.31 Å². The third-order valence-corrected chi connectivity index (χ3v) is 8.03. The van der Waals surface area contributed by atoms with Crippen molar-refractivity contribution < 1.29 is 17.9 Å². The Kier molecular flexibility index (Phi) is 4.89. The lowest BCUT2D eigenvalue weighted by Crippen LogP contribution is -2.45. The molecule has 3 aliphatic heterocycles. The van der Waals surface area contributed by atoms with Crippen molar-refractivity contribution in [2.24, 2.45) is 0 Å². The Labute approximate surface area is 174 Å². The second kappa shape index (κ2) is 7.42. The summed E-state index contributed by atoms with van der Waals surface area (Å²) < 4.78 is 36.1. The molecule has 3 aliphatic rings.